The van der Waals surface area contributed by atoms with Crippen molar-refractivity contribution in [1.82, 2.24) is 9.88 Å². The number of H-pyrrole nitrogens is 1. The van der Waals surface area contributed by atoms with Crippen molar-refractivity contribution < 1.29 is 19.8 Å². The minimum atomic E-state index is -1.70. The molecule has 23 heavy (non-hydrogen) atoms. The lowest BCUT2D eigenvalue weighted by atomic mass is 9.91. The van der Waals surface area contributed by atoms with Crippen LogP contribution in [0.4, 0.5) is 0 Å². The summed E-state index contributed by atoms with van der Waals surface area (Å²) >= 11 is 0. The standard InChI is InChI=1S/C17H20N2O4/c1-11-3-2-4-13-12(10-18-15(11)13)9-14(20)19-7-5-17(23,6-8-19)16(21)22/h2-4,10,18,23H,5-9H2,1H3,(H,21,22). The first-order valence-corrected chi connectivity index (χ1v) is 7.70. The highest BCUT2D eigenvalue weighted by Gasteiger charge is 2.40. The van der Waals surface area contributed by atoms with Crippen LogP contribution in [0.2, 0.25) is 0 Å². The second kappa shape index (κ2) is 5.70. The molecular formula is C17H20N2O4. The van der Waals surface area contributed by atoms with E-state index >= 15 is 0 Å². The van der Waals surface area contributed by atoms with Crippen LogP contribution in [0.3, 0.4) is 0 Å². The minimum absolute atomic E-state index is 0.0418. The number of carbonyl (C=O) groups excluding carboxylic acids is 1. The quantitative estimate of drug-likeness (QED) is 0.799. The van der Waals surface area contributed by atoms with Crippen molar-refractivity contribution in [3.63, 3.8) is 0 Å². The van der Waals surface area contributed by atoms with Gasteiger partial charge in [-0.1, -0.05) is 18.2 Å². The van der Waals surface area contributed by atoms with Crippen molar-refractivity contribution in [2.75, 3.05) is 13.1 Å². The molecule has 1 aliphatic heterocycles. The van der Waals surface area contributed by atoms with Gasteiger partial charge in [-0.15, -0.1) is 0 Å². The SMILES string of the molecule is Cc1cccc2c(CC(=O)N3CCC(O)(C(=O)O)CC3)c[nH]c12. The van der Waals surface area contributed by atoms with Gasteiger partial charge in [0.2, 0.25) is 5.91 Å². The monoisotopic (exact) mass is 316 g/mol. The van der Waals surface area contributed by atoms with Crippen LogP contribution in [0.25, 0.3) is 10.9 Å². The second-order valence-corrected chi connectivity index (χ2v) is 6.21. The van der Waals surface area contributed by atoms with E-state index in [-0.39, 0.29) is 38.3 Å². The number of carboxylic acids is 1. The van der Waals surface area contributed by atoms with Gasteiger partial charge in [-0.05, 0) is 18.1 Å². The van der Waals surface area contributed by atoms with E-state index in [1.54, 1.807) is 4.90 Å². The lowest BCUT2D eigenvalue weighted by molar-refractivity contribution is -0.165. The molecule has 1 aromatic carbocycles. The lowest BCUT2D eigenvalue weighted by Gasteiger charge is -2.35. The number of aliphatic hydroxyl groups is 1. The predicted molar refractivity (Wildman–Crippen MR) is 85.1 cm³/mol. The van der Waals surface area contributed by atoms with Crippen LogP contribution in [-0.2, 0) is 16.0 Å². The third kappa shape index (κ3) is 2.82. The van der Waals surface area contributed by atoms with E-state index in [0.29, 0.717) is 0 Å². The first-order valence-electron chi connectivity index (χ1n) is 7.70. The van der Waals surface area contributed by atoms with E-state index < -0.39 is 11.6 Å². The average Bonchev–Trinajstić information content (AvgIpc) is 2.92. The molecule has 0 spiro atoms. The van der Waals surface area contributed by atoms with Crippen LogP contribution in [0.15, 0.2) is 24.4 Å². The molecular weight excluding hydrogens is 296 g/mol. The van der Waals surface area contributed by atoms with Gasteiger partial charge in [0.1, 0.15) is 0 Å². The van der Waals surface area contributed by atoms with E-state index in [0.717, 1.165) is 22.0 Å². The Morgan fingerprint density at radius 1 is 1.30 bits per heavy atom. The number of nitrogens with one attached hydrogen (secondary N) is 1. The van der Waals surface area contributed by atoms with Gasteiger partial charge < -0.3 is 20.1 Å². The number of fused-ring (bicyclic) bond motifs is 1. The summed E-state index contributed by atoms with van der Waals surface area (Å²) in [6, 6.07) is 5.97. The summed E-state index contributed by atoms with van der Waals surface area (Å²) in [6.07, 6.45) is 2.27. The molecule has 122 valence electrons. The topological polar surface area (TPSA) is 93.6 Å². The molecule has 2 heterocycles. The van der Waals surface area contributed by atoms with Gasteiger partial charge in [-0.25, -0.2) is 4.79 Å². The number of rotatable bonds is 3. The number of hydrogen-bond donors (Lipinski definition) is 3. The number of benzene rings is 1. The Morgan fingerprint density at radius 3 is 2.65 bits per heavy atom. The first kappa shape index (κ1) is 15.6. The van der Waals surface area contributed by atoms with Crippen molar-refractivity contribution in [2.45, 2.75) is 31.8 Å². The van der Waals surface area contributed by atoms with Crippen molar-refractivity contribution in [3.05, 3.63) is 35.5 Å². The molecule has 1 amide bonds. The summed E-state index contributed by atoms with van der Waals surface area (Å²) in [5, 5.41) is 20.0. The Balaban J connectivity index is 1.70. The number of carboxylic acid groups (broad SMARTS) is 1. The molecule has 3 rings (SSSR count). The highest BCUT2D eigenvalue weighted by Crippen LogP contribution is 2.25. The second-order valence-electron chi connectivity index (χ2n) is 6.21. The van der Waals surface area contributed by atoms with E-state index in [1.165, 1.54) is 0 Å². The number of likely N-dealkylation sites (tertiary alicyclic amines) is 1. The van der Waals surface area contributed by atoms with Gasteiger partial charge >= 0.3 is 5.97 Å². The number of para-hydroxylation sites is 1. The molecule has 6 nitrogen and oxygen atoms in total. The van der Waals surface area contributed by atoms with Gasteiger partial charge in [-0.3, -0.25) is 4.79 Å². The van der Waals surface area contributed by atoms with E-state index in [2.05, 4.69) is 4.98 Å². The first-order chi connectivity index (χ1) is 10.9. The zero-order valence-corrected chi connectivity index (χ0v) is 13.0. The normalized spacial score (nSPS) is 17.4. The van der Waals surface area contributed by atoms with Gasteiger partial charge in [0, 0.05) is 43.0 Å². The maximum atomic E-state index is 12.5. The number of amides is 1. The van der Waals surface area contributed by atoms with Crippen molar-refractivity contribution in [1.29, 1.82) is 0 Å². The zero-order chi connectivity index (χ0) is 16.6. The Morgan fingerprint density at radius 2 is 2.00 bits per heavy atom. The van der Waals surface area contributed by atoms with Crippen molar-refractivity contribution in [2.24, 2.45) is 0 Å². The Labute approximate surface area is 133 Å². The Kier molecular flexibility index (Phi) is 3.85. The highest BCUT2D eigenvalue weighted by atomic mass is 16.4. The molecule has 0 radical (unpaired) electrons. The summed E-state index contributed by atoms with van der Waals surface area (Å²) < 4.78 is 0. The predicted octanol–water partition coefficient (Wildman–Crippen LogP) is 1.46. The fourth-order valence-corrected chi connectivity index (χ4v) is 3.12. The van der Waals surface area contributed by atoms with Crippen LogP contribution in [0.5, 0.6) is 0 Å². The molecule has 1 aromatic heterocycles. The number of aliphatic carboxylic acids is 1. The number of aryl methyl sites for hydroxylation is 1. The van der Waals surface area contributed by atoms with E-state index in [1.807, 2.05) is 31.3 Å². The van der Waals surface area contributed by atoms with Crippen molar-refractivity contribution in [3.8, 4) is 0 Å². The lowest BCUT2D eigenvalue weighted by Crippen LogP contribution is -2.51. The highest BCUT2D eigenvalue weighted by molar-refractivity contribution is 5.90. The fourth-order valence-electron chi connectivity index (χ4n) is 3.12. The van der Waals surface area contributed by atoms with E-state index in [4.69, 9.17) is 5.11 Å². The fraction of sp³-hybridized carbons (Fsp3) is 0.412. The van der Waals surface area contributed by atoms with E-state index in [9.17, 15) is 14.7 Å². The zero-order valence-electron chi connectivity index (χ0n) is 13.0. The van der Waals surface area contributed by atoms with Crippen molar-refractivity contribution >= 4 is 22.8 Å². The number of carbonyl (C=O) groups is 2. The molecule has 1 saturated heterocycles. The maximum Gasteiger partial charge on any atom is 0.335 e. The van der Waals surface area contributed by atoms with Gasteiger partial charge in [0.25, 0.3) is 0 Å². The molecule has 2 aromatic rings. The molecule has 1 aliphatic rings. The molecule has 0 atom stereocenters. The van der Waals surface area contributed by atoms with Crippen LogP contribution in [0, 0.1) is 6.92 Å². The minimum Gasteiger partial charge on any atom is -0.479 e. The molecule has 6 heteroatoms. The third-order valence-electron chi connectivity index (χ3n) is 4.69. The van der Waals surface area contributed by atoms with Crippen LogP contribution in [-0.4, -0.2) is 50.7 Å². The number of aromatic nitrogens is 1. The molecule has 0 unspecified atom stereocenters. The summed E-state index contributed by atoms with van der Waals surface area (Å²) in [7, 11) is 0. The molecule has 3 N–H and O–H groups in total. The molecule has 1 fully saturated rings. The Bertz CT molecular complexity index is 757. The maximum absolute atomic E-state index is 12.5. The van der Waals surface area contributed by atoms with Crippen LogP contribution >= 0.6 is 0 Å². The molecule has 0 bridgehead atoms. The number of nitrogens with zero attached hydrogens (tertiary/aromatic N) is 1. The summed E-state index contributed by atoms with van der Waals surface area (Å²) in [4.78, 5) is 28.3. The number of hydrogen-bond acceptors (Lipinski definition) is 3. The van der Waals surface area contributed by atoms with Crippen LogP contribution in [0.1, 0.15) is 24.0 Å². The summed E-state index contributed by atoms with van der Waals surface area (Å²) in [5.41, 5.74) is 1.40. The Hall–Kier alpha value is -2.34. The number of aromatic amines is 1. The smallest absolute Gasteiger partial charge is 0.335 e. The average molecular weight is 316 g/mol. The van der Waals surface area contributed by atoms with Crippen LogP contribution < -0.4 is 0 Å². The number of piperidine rings is 1. The summed E-state index contributed by atoms with van der Waals surface area (Å²) in [6.45, 7) is 2.55. The molecule has 0 saturated carbocycles. The molecule has 0 aliphatic carbocycles. The van der Waals surface area contributed by atoms with Gasteiger partial charge in [0.15, 0.2) is 5.60 Å². The third-order valence-corrected chi connectivity index (χ3v) is 4.69. The summed E-state index contributed by atoms with van der Waals surface area (Å²) in [5.74, 6) is -1.25. The van der Waals surface area contributed by atoms with Gasteiger partial charge in [0.05, 0.1) is 6.42 Å². The largest absolute Gasteiger partial charge is 0.479 e. The van der Waals surface area contributed by atoms with Gasteiger partial charge in [-0.2, -0.15) is 0 Å².